The lowest BCUT2D eigenvalue weighted by atomic mass is 10.3. The number of benzene rings is 3. The molecule has 4 rings (SSSR count). The van der Waals surface area contributed by atoms with Crippen molar-refractivity contribution in [2.24, 2.45) is 0 Å². The van der Waals surface area contributed by atoms with E-state index in [-0.39, 0.29) is 12.8 Å². The summed E-state index contributed by atoms with van der Waals surface area (Å²) < 4.78 is 10.6. The third-order valence-electron chi connectivity index (χ3n) is 3.74. The van der Waals surface area contributed by atoms with Crippen molar-refractivity contribution >= 4 is 29.2 Å². The van der Waals surface area contributed by atoms with Gasteiger partial charge < -0.3 is 20.1 Å². The molecule has 1 heterocycles. The second-order valence-corrected chi connectivity index (χ2v) is 6.67. The second-order valence-electron chi connectivity index (χ2n) is 5.56. The molecule has 0 bridgehead atoms. The van der Waals surface area contributed by atoms with Crippen molar-refractivity contribution in [3.8, 4) is 11.5 Å². The largest absolute Gasteiger partial charge is 0.454 e. The highest BCUT2D eigenvalue weighted by Crippen LogP contribution is 2.35. The summed E-state index contributed by atoms with van der Waals surface area (Å²) in [5.74, 6) is 1.31. The minimum atomic E-state index is -0.315. The van der Waals surface area contributed by atoms with Crippen molar-refractivity contribution < 1.29 is 14.3 Å². The number of ether oxygens (including phenoxy) is 2. The number of urea groups is 1. The van der Waals surface area contributed by atoms with Crippen LogP contribution in [-0.4, -0.2) is 12.8 Å². The first kappa shape index (κ1) is 16.4. The highest BCUT2D eigenvalue weighted by atomic mass is 32.2. The van der Waals surface area contributed by atoms with Crippen LogP contribution in [0, 0.1) is 0 Å². The van der Waals surface area contributed by atoms with Crippen molar-refractivity contribution in [1.29, 1.82) is 0 Å². The molecule has 0 aromatic heterocycles. The Labute approximate surface area is 155 Å². The zero-order chi connectivity index (χ0) is 17.8. The maximum Gasteiger partial charge on any atom is 0.323 e. The van der Waals surface area contributed by atoms with Gasteiger partial charge in [0.1, 0.15) is 0 Å². The Kier molecular flexibility index (Phi) is 4.66. The summed E-state index contributed by atoms with van der Waals surface area (Å²) in [4.78, 5) is 14.5. The Hall–Kier alpha value is -3.12. The summed E-state index contributed by atoms with van der Waals surface area (Å²) in [5, 5.41) is 5.72. The minimum absolute atomic E-state index is 0.203. The Morgan fingerprint density at radius 3 is 2.50 bits per heavy atom. The highest BCUT2D eigenvalue weighted by Gasteiger charge is 2.14. The van der Waals surface area contributed by atoms with Gasteiger partial charge in [0.05, 0.1) is 5.69 Å². The summed E-state index contributed by atoms with van der Waals surface area (Å²) in [6.45, 7) is 0.203. The quantitative estimate of drug-likeness (QED) is 0.667. The molecule has 0 saturated carbocycles. The van der Waals surface area contributed by atoms with E-state index in [4.69, 9.17) is 9.47 Å². The standard InChI is InChI=1S/C20H16N2O3S/c23-20(21-14-10-11-17-18(12-14)25-13-24-17)22-16-8-4-5-9-19(16)26-15-6-2-1-3-7-15/h1-12H,13H2,(H2,21,22,23). The molecule has 0 saturated heterocycles. The number of carbonyl (C=O) groups is 1. The molecule has 1 aliphatic rings. The molecule has 6 heteroatoms. The molecule has 3 aromatic rings. The molecule has 2 N–H and O–H groups in total. The van der Waals surface area contributed by atoms with Crippen LogP contribution in [0.25, 0.3) is 0 Å². The number of anilines is 2. The predicted octanol–water partition coefficient (Wildman–Crippen LogP) is 5.21. The van der Waals surface area contributed by atoms with E-state index in [1.165, 1.54) is 0 Å². The SMILES string of the molecule is O=C(Nc1ccc2c(c1)OCO2)Nc1ccccc1Sc1ccccc1. The van der Waals surface area contributed by atoms with Crippen LogP contribution in [0.5, 0.6) is 11.5 Å². The van der Waals surface area contributed by atoms with E-state index in [1.54, 1.807) is 30.0 Å². The molecular weight excluding hydrogens is 348 g/mol. The third kappa shape index (κ3) is 3.75. The van der Waals surface area contributed by atoms with Gasteiger partial charge in [-0.1, -0.05) is 42.1 Å². The summed E-state index contributed by atoms with van der Waals surface area (Å²) in [6.07, 6.45) is 0. The molecule has 26 heavy (non-hydrogen) atoms. The number of nitrogens with one attached hydrogen (secondary N) is 2. The lowest BCUT2D eigenvalue weighted by molar-refractivity contribution is 0.174. The Balaban J connectivity index is 1.46. The fourth-order valence-corrected chi connectivity index (χ4v) is 3.46. The first-order valence-electron chi connectivity index (χ1n) is 8.07. The van der Waals surface area contributed by atoms with Crippen molar-refractivity contribution in [3.63, 3.8) is 0 Å². The fourth-order valence-electron chi connectivity index (χ4n) is 2.53. The fraction of sp³-hybridized carbons (Fsp3) is 0.0500. The molecule has 0 aliphatic carbocycles. The maximum atomic E-state index is 12.4. The molecule has 0 unspecified atom stereocenters. The van der Waals surface area contributed by atoms with Gasteiger partial charge in [-0.05, 0) is 36.4 Å². The summed E-state index contributed by atoms with van der Waals surface area (Å²) in [5.41, 5.74) is 1.39. The van der Waals surface area contributed by atoms with E-state index in [9.17, 15) is 4.79 Å². The van der Waals surface area contributed by atoms with Gasteiger partial charge in [-0.3, -0.25) is 0 Å². The topological polar surface area (TPSA) is 59.6 Å². The van der Waals surface area contributed by atoms with Crippen LogP contribution in [0.2, 0.25) is 0 Å². The number of para-hydroxylation sites is 1. The number of hydrogen-bond acceptors (Lipinski definition) is 4. The van der Waals surface area contributed by atoms with E-state index in [1.807, 2.05) is 54.6 Å². The zero-order valence-corrected chi connectivity index (χ0v) is 14.6. The molecule has 3 aromatic carbocycles. The lowest BCUT2D eigenvalue weighted by Gasteiger charge is -2.12. The average Bonchev–Trinajstić information content (AvgIpc) is 3.12. The number of rotatable bonds is 4. The number of amides is 2. The lowest BCUT2D eigenvalue weighted by Crippen LogP contribution is -2.19. The van der Waals surface area contributed by atoms with Crippen molar-refractivity contribution in [1.82, 2.24) is 0 Å². The number of carbonyl (C=O) groups excluding carboxylic acids is 1. The summed E-state index contributed by atoms with van der Waals surface area (Å²) in [7, 11) is 0. The first-order valence-corrected chi connectivity index (χ1v) is 8.89. The van der Waals surface area contributed by atoms with Crippen LogP contribution in [0.3, 0.4) is 0 Å². The highest BCUT2D eigenvalue weighted by molar-refractivity contribution is 7.99. The van der Waals surface area contributed by atoms with E-state index in [0.29, 0.717) is 17.2 Å². The molecule has 0 fully saturated rings. The Morgan fingerprint density at radius 1 is 0.846 bits per heavy atom. The molecule has 5 nitrogen and oxygen atoms in total. The van der Waals surface area contributed by atoms with Crippen molar-refractivity contribution in [3.05, 3.63) is 72.8 Å². The number of hydrogen-bond donors (Lipinski definition) is 2. The molecule has 1 aliphatic heterocycles. The van der Waals surface area contributed by atoms with Gasteiger partial charge in [-0.2, -0.15) is 0 Å². The third-order valence-corrected chi connectivity index (χ3v) is 4.82. The van der Waals surface area contributed by atoms with Gasteiger partial charge in [-0.15, -0.1) is 0 Å². The zero-order valence-electron chi connectivity index (χ0n) is 13.8. The van der Waals surface area contributed by atoms with Gasteiger partial charge in [0, 0.05) is 21.5 Å². The molecule has 0 radical (unpaired) electrons. The van der Waals surface area contributed by atoms with Crippen LogP contribution < -0.4 is 20.1 Å². The van der Waals surface area contributed by atoms with Gasteiger partial charge in [0.15, 0.2) is 11.5 Å². The van der Waals surface area contributed by atoms with E-state index in [0.717, 1.165) is 15.5 Å². The van der Waals surface area contributed by atoms with Crippen molar-refractivity contribution in [2.75, 3.05) is 17.4 Å². The average molecular weight is 364 g/mol. The monoisotopic (exact) mass is 364 g/mol. The Bertz CT molecular complexity index is 931. The normalized spacial score (nSPS) is 11.8. The maximum absolute atomic E-state index is 12.4. The number of fused-ring (bicyclic) bond motifs is 1. The molecule has 0 atom stereocenters. The minimum Gasteiger partial charge on any atom is -0.454 e. The van der Waals surface area contributed by atoms with Crippen molar-refractivity contribution in [2.45, 2.75) is 9.79 Å². The smallest absolute Gasteiger partial charge is 0.323 e. The second kappa shape index (κ2) is 7.41. The van der Waals surface area contributed by atoms with Crippen LogP contribution in [0.1, 0.15) is 0 Å². The van der Waals surface area contributed by atoms with E-state index < -0.39 is 0 Å². The van der Waals surface area contributed by atoms with Gasteiger partial charge in [-0.25, -0.2) is 4.79 Å². The van der Waals surface area contributed by atoms with Crippen LogP contribution in [0.4, 0.5) is 16.2 Å². The Morgan fingerprint density at radius 2 is 1.62 bits per heavy atom. The molecule has 2 amide bonds. The van der Waals surface area contributed by atoms with Crippen LogP contribution in [-0.2, 0) is 0 Å². The summed E-state index contributed by atoms with van der Waals surface area (Å²) in [6, 6.07) is 22.7. The van der Waals surface area contributed by atoms with Crippen LogP contribution >= 0.6 is 11.8 Å². The molecule has 0 spiro atoms. The van der Waals surface area contributed by atoms with Gasteiger partial charge in [0.25, 0.3) is 0 Å². The summed E-state index contributed by atoms with van der Waals surface area (Å²) >= 11 is 1.60. The van der Waals surface area contributed by atoms with E-state index in [2.05, 4.69) is 10.6 Å². The van der Waals surface area contributed by atoms with Gasteiger partial charge >= 0.3 is 6.03 Å². The van der Waals surface area contributed by atoms with E-state index >= 15 is 0 Å². The first-order chi connectivity index (χ1) is 12.8. The predicted molar refractivity (Wildman–Crippen MR) is 102 cm³/mol. The van der Waals surface area contributed by atoms with Crippen LogP contribution in [0.15, 0.2) is 82.6 Å². The molecular formula is C20H16N2O3S. The molecule has 130 valence electrons. The van der Waals surface area contributed by atoms with Gasteiger partial charge in [0.2, 0.25) is 6.79 Å².